The molecule has 0 bridgehead atoms. The number of halogens is 1. The number of carbonyl (C=O) groups excluding carboxylic acids is 1. The number of amides is 1. The van der Waals surface area contributed by atoms with Gasteiger partial charge in [0.05, 0.1) is 54.9 Å². The summed E-state index contributed by atoms with van der Waals surface area (Å²) in [7, 11) is 0. The van der Waals surface area contributed by atoms with Crippen molar-refractivity contribution in [1.82, 2.24) is 34.7 Å². The van der Waals surface area contributed by atoms with Crippen LogP contribution in [0.25, 0.3) is 16.9 Å². The van der Waals surface area contributed by atoms with Crippen molar-refractivity contribution in [3.8, 4) is 16.9 Å². The lowest BCUT2D eigenvalue weighted by atomic mass is 10.1. The average Bonchev–Trinajstić information content (AvgIpc) is 3.53. The predicted octanol–water partition coefficient (Wildman–Crippen LogP) is 3.11. The molecule has 0 N–H and O–H groups in total. The van der Waals surface area contributed by atoms with E-state index in [1.54, 1.807) is 34.2 Å². The van der Waals surface area contributed by atoms with Crippen LogP contribution in [-0.4, -0.2) is 59.9 Å². The molecule has 1 amide bonds. The molecule has 0 spiro atoms. The summed E-state index contributed by atoms with van der Waals surface area (Å²) < 4.78 is 21.0. The van der Waals surface area contributed by atoms with E-state index in [2.05, 4.69) is 27.2 Å². The average molecular weight is 462 g/mol. The van der Waals surface area contributed by atoms with Crippen molar-refractivity contribution in [3.05, 3.63) is 78.3 Å². The van der Waals surface area contributed by atoms with E-state index in [1.165, 1.54) is 17.1 Å². The zero-order valence-corrected chi connectivity index (χ0v) is 18.9. The number of hydrogen-bond donors (Lipinski definition) is 0. The second kappa shape index (κ2) is 9.14. The van der Waals surface area contributed by atoms with Gasteiger partial charge in [-0.2, -0.15) is 20.1 Å². The highest BCUT2D eigenvalue weighted by Gasteiger charge is 2.33. The molecule has 1 fully saturated rings. The standard InChI is InChI=1S/C24H24FN7O2/c1-16-3-6-22(32-27-7-8-28-32)20(9-16)24(33)31-12-17(2)15-34-23(31)14-30-13-18(10-29-30)21-5-4-19(25)11-26-21/h3-11,13,17,23H,12,14-15H2,1-2H3/t17-,23-/m0/s1. The quantitative estimate of drug-likeness (QED) is 0.454. The first-order valence-electron chi connectivity index (χ1n) is 11.0. The second-order valence-electron chi connectivity index (χ2n) is 8.50. The molecule has 9 nitrogen and oxygen atoms in total. The topological polar surface area (TPSA) is 91.0 Å². The number of aromatic nitrogens is 6. The fraction of sp³-hybridized carbons (Fsp3) is 0.292. The first-order chi connectivity index (χ1) is 16.5. The molecule has 0 aliphatic carbocycles. The first-order valence-corrected chi connectivity index (χ1v) is 11.0. The molecule has 1 aliphatic heterocycles. The van der Waals surface area contributed by atoms with Crippen LogP contribution in [-0.2, 0) is 11.3 Å². The lowest BCUT2D eigenvalue weighted by Crippen LogP contribution is -2.51. The van der Waals surface area contributed by atoms with Gasteiger partial charge >= 0.3 is 0 Å². The van der Waals surface area contributed by atoms with Crippen LogP contribution < -0.4 is 0 Å². The molecule has 34 heavy (non-hydrogen) atoms. The summed E-state index contributed by atoms with van der Waals surface area (Å²) in [4.78, 5) is 21.1. The van der Waals surface area contributed by atoms with Gasteiger partial charge in [-0.15, -0.1) is 0 Å². The summed E-state index contributed by atoms with van der Waals surface area (Å²) in [5, 5.41) is 12.8. The highest BCUT2D eigenvalue weighted by atomic mass is 19.1. The van der Waals surface area contributed by atoms with Gasteiger partial charge in [0.25, 0.3) is 5.91 Å². The van der Waals surface area contributed by atoms with Gasteiger partial charge in [-0.05, 0) is 37.1 Å². The molecular weight excluding hydrogens is 437 g/mol. The van der Waals surface area contributed by atoms with Gasteiger partial charge in [0.15, 0.2) is 6.23 Å². The van der Waals surface area contributed by atoms with Gasteiger partial charge in [-0.25, -0.2) is 4.39 Å². The van der Waals surface area contributed by atoms with Crippen LogP contribution >= 0.6 is 0 Å². The van der Waals surface area contributed by atoms with Crippen LogP contribution in [0, 0.1) is 18.7 Å². The van der Waals surface area contributed by atoms with Crippen molar-refractivity contribution in [1.29, 1.82) is 0 Å². The van der Waals surface area contributed by atoms with Gasteiger partial charge in [-0.1, -0.05) is 18.6 Å². The summed E-state index contributed by atoms with van der Waals surface area (Å²) >= 11 is 0. The molecule has 3 aromatic heterocycles. The molecule has 0 saturated carbocycles. The Hall–Kier alpha value is -3.92. The maximum Gasteiger partial charge on any atom is 0.258 e. The van der Waals surface area contributed by atoms with E-state index in [-0.39, 0.29) is 11.8 Å². The number of ether oxygens (including phenoxy) is 1. The lowest BCUT2D eigenvalue weighted by Gasteiger charge is -2.38. The zero-order valence-electron chi connectivity index (χ0n) is 18.9. The Bertz CT molecular complexity index is 1290. The minimum Gasteiger partial charge on any atom is -0.356 e. The van der Waals surface area contributed by atoms with E-state index >= 15 is 0 Å². The molecule has 4 heterocycles. The van der Waals surface area contributed by atoms with Crippen LogP contribution in [0.15, 0.2) is 61.3 Å². The first kappa shape index (κ1) is 21.9. The van der Waals surface area contributed by atoms with E-state index in [0.29, 0.717) is 36.6 Å². The number of carbonyl (C=O) groups is 1. The third-order valence-electron chi connectivity index (χ3n) is 5.71. The van der Waals surface area contributed by atoms with Crippen LogP contribution in [0.3, 0.4) is 0 Å². The number of nitrogens with zero attached hydrogens (tertiary/aromatic N) is 7. The van der Waals surface area contributed by atoms with Gasteiger partial charge in [0.1, 0.15) is 5.82 Å². The SMILES string of the molecule is Cc1ccc(-n2nccn2)c(C(=O)N2C[C@H](C)CO[C@H]2Cn2cc(-c3ccc(F)cn3)cn2)c1. The van der Waals surface area contributed by atoms with Crippen LogP contribution in [0.4, 0.5) is 4.39 Å². The van der Waals surface area contributed by atoms with E-state index in [4.69, 9.17) is 4.74 Å². The predicted molar refractivity (Wildman–Crippen MR) is 121 cm³/mol. The van der Waals surface area contributed by atoms with Gasteiger partial charge in [-0.3, -0.25) is 14.5 Å². The Morgan fingerprint density at radius 3 is 2.74 bits per heavy atom. The number of hydrogen-bond acceptors (Lipinski definition) is 6. The Kier molecular flexibility index (Phi) is 5.89. The maximum atomic E-state index is 13.8. The third kappa shape index (κ3) is 4.44. The van der Waals surface area contributed by atoms with Crippen molar-refractivity contribution < 1.29 is 13.9 Å². The Morgan fingerprint density at radius 1 is 1.15 bits per heavy atom. The van der Waals surface area contributed by atoms with E-state index in [1.807, 2.05) is 31.3 Å². The van der Waals surface area contributed by atoms with E-state index in [9.17, 15) is 9.18 Å². The lowest BCUT2D eigenvalue weighted by molar-refractivity contribution is -0.106. The van der Waals surface area contributed by atoms with Crippen LogP contribution in [0.5, 0.6) is 0 Å². The molecule has 10 heteroatoms. The molecule has 1 aromatic carbocycles. The number of pyridine rings is 1. The molecule has 174 valence electrons. The molecule has 0 radical (unpaired) electrons. The molecule has 1 saturated heterocycles. The number of rotatable bonds is 5. The van der Waals surface area contributed by atoms with Crippen molar-refractivity contribution in [2.45, 2.75) is 26.6 Å². The highest BCUT2D eigenvalue weighted by molar-refractivity contribution is 5.98. The normalized spacial score (nSPS) is 18.3. The fourth-order valence-corrected chi connectivity index (χ4v) is 4.03. The molecule has 5 rings (SSSR count). The van der Waals surface area contributed by atoms with Crippen molar-refractivity contribution in [2.24, 2.45) is 5.92 Å². The molecule has 4 aromatic rings. The Morgan fingerprint density at radius 2 is 1.97 bits per heavy atom. The number of benzene rings is 1. The minimum absolute atomic E-state index is 0.153. The summed E-state index contributed by atoms with van der Waals surface area (Å²) in [6.07, 6.45) is 7.31. The van der Waals surface area contributed by atoms with Gasteiger partial charge < -0.3 is 9.64 Å². The van der Waals surface area contributed by atoms with E-state index in [0.717, 1.165) is 11.1 Å². The van der Waals surface area contributed by atoms with Crippen molar-refractivity contribution in [3.63, 3.8) is 0 Å². The summed E-state index contributed by atoms with van der Waals surface area (Å²) in [6.45, 7) is 5.44. The summed E-state index contributed by atoms with van der Waals surface area (Å²) in [5.41, 5.74) is 3.46. The van der Waals surface area contributed by atoms with Gasteiger partial charge in [0, 0.05) is 18.3 Å². The molecule has 1 aliphatic rings. The van der Waals surface area contributed by atoms with Crippen molar-refractivity contribution in [2.75, 3.05) is 13.2 Å². The van der Waals surface area contributed by atoms with E-state index < -0.39 is 12.0 Å². The van der Waals surface area contributed by atoms with Gasteiger partial charge in [0.2, 0.25) is 0 Å². The van der Waals surface area contributed by atoms with Crippen LogP contribution in [0.2, 0.25) is 0 Å². The minimum atomic E-state index is -0.503. The zero-order chi connectivity index (χ0) is 23.7. The molecule has 2 atom stereocenters. The summed E-state index contributed by atoms with van der Waals surface area (Å²) in [6, 6.07) is 8.59. The number of aryl methyl sites for hydroxylation is 1. The van der Waals surface area contributed by atoms with Crippen molar-refractivity contribution >= 4 is 5.91 Å². The summed E-state index contributed by atoms with van der Waals surface area (Å²) in [5.74, 6) is -0.358. The maximum absolute atomic E-state index is 13.8. The van der Waals surface area contributed by atoms with Crippen LogP contribution in [0.1, 0.15) is 22.8 Å². The Labute approximate surface area is 195 Å². The molecule has 0 unspecified atom stereocenters. The fourth-order valence-electron chi connectivity index (χ4n) is 4.03. The Balaban J connectivity index is 1.42. The third-order valence-corrected chi connectivity index (χ3v) is 5.71. The molecular formula is C24H24FN7O2. The highest BCUT2D eigenvalue weighted by Crippen LogP contribution is 2.24. The smallest absolute Gasteiger partial charge is 0.258 e. The monoisotopic (exact) mass is 461 g/mol. The second-order valence-corrected chi connectivity index (χ2v) is 8.50. The largest absolute Gasteiger partial charge is 0.356 e.